The summed E-state index contributed by atoms with van der Waals surface area (Å²) < 4.78 is 0. The van der Waals surface area contributed by atoms with Crippen LogP contribution in [0.3, 0.4) is 0 Å². The average Bonchev–Trinajstić information content (AvgIpc) is 2.34. The number of hydrogen-bond donors (Lipinski definition) is 1. The van der Waals surface area contributed by atoms with Gasteiger partial charge in [0.15, 0.2) is 0 Å². The highest BCUT2D eigenvalue weighted by molar-refractivity contribution is 5.03. The SMILES string of the molecule is CC(C)C(CN)CN(C)CCc1ccccn1. The fourth-order valence-corrected chi connectivity index (χ4v) is 1.90. The summed E-state index contributed by atoms with van der Waals surface area (Å²) in [6.07, 6.45) is 2.86. The van der Waals surface area contributed by atoms with Crippen LogP contribution in [0.1, 0.15) is 19.5 Å². The Labute approximate surface area is 105 Å². The zero-order valence-corrected chi connectivity index (χ0v) is 11.3. The first-order chi connectivity index (χ1) is 8.13. The summed E-state index contributed by atoms with van der Waals surface area (Å²) in [7, 11) is 2.16. The Hall–Kier alpha value is -0.930. The number of nitrogens with zero attached hydrogens (tertiary/aromatic N) is 2. The molecule has 0 amide bonds. The monoisotopic (exact) mass is 235 g/mol. The molecule has 0 aliphatic carbocycles. The molecule has 0 aliphatic heterocycles. The second-order valence-electron chi connectivity index (χ2n) is 5.07. The average molecular weight is 235 g/mol. The molecule has 3 nitrogen and oxygen atoms in total. The van der Waals surface area contributed by atoms with Crippen LogP contribution in [0, 0.1) is 11.8 Å². The van der Waals surface area contributed by atoms with Crippen molar-refractivity contribution in [2.75, 3.05) is 26.7 Å². The summed E-state index contributed by atoms with van der Waals surface area (Å²) in [4.78, 5) is 6.69. The van der Waals surface area contributed by atoms with Crippen LogP contribution in [-0.2, 0) is 6.42 Å². The van der Waals surface area contributed by atoms with Gasteiger partial charge >= 0.3 is 0 Å². The van der Waals surface area contributed by atoms with Crippen molar-refractivity contribution in [2.45, 2.75) is 20.3 Å². The quantitative estimate of drug-likeness (QED) is 0.783. The van der Waals surface area contributed by atoms with E-state index in [2.05, 4.69) is 36.8 Å². The summed E-state index contributed by atoms with van der Waals surface area (Å²) in [5.41, 5.74) is 6.95. The zero-order valence-electron chi connectivity index (χ0n) is 11.3. The number of aromatic nitrogens is 1. The third-order valence-corrected chi connectivity index (χ3v) is 3.27. The van der Waals surface area contributed by atoms with E-state index >= 15 is 0 Å². The molecule has 0 saturated heterocycles. The van der Waals surface area contributed by atoms with Crippen LogP contribution >= 0.6 is 0 Å². The first-order valence-corrected chi connectivity index (χ1v) is 6.42. The molecule has 0 spiro atoms. The van der Waals surface area contributed by atoms with E-state index in [1.807, 2.05) is 18.3 Å². The first-order valence-electron chi connectivity index (χ1n) is 6.42. The predicted octanol–water partition coefficient (Wildman–Crippen LogP) is 1.79. The molecule has 0 bridgehead atoms. The summed E-state index contributed by atoms with van der Waals surface area (Å²) in [6, 6.07) is 6.08. The number of pyridine rings is 1. The first kappa shape index (κ1) is 14.1. The van der Waals surface area contributed by atoms with Gasteiger partial charge < -0.3 is 10.6 Å². The normalized spacial score (nSPS) is 13.3. The standard InChI is InChI=1S/C14H25N3/c1-12(2)13(10-15)11-17(3)9-7-14-6-4-5-8-16-14/h4-6,8,12-13H,7,9-11,15H2,1-3H3. The Balaban J connectivity index is 2.32. The van der Waals surface area contributed by atoms with E-state index in [9.17, 15) is 0 Å². The minimum atomic E-state index is 0.587. The molecule has 17 heavy (non-hydrogen) atoms. The molecule has 0 fully saturated rings. The fraction of sp³-hybridized carbons (Fsp3) is 0.643. The van der Waals surface area contributed by atoms with Gasteiger partial charge in [0.2, 0.25) is 0 Å². The van der Waals surface area contributed by atoms with Gasteiger partial charge in [-0.1, -0.05) is 19.9 Å². The Morgan fingerprint density at radius 2 is 2.12 bits per heavy atom. The molecule has 1 aromatic heterocycles. The van der Waals surface area contributed by atoms with Crippen molar-refractivity contribution in [1.29, 1.82) is 0 Å². The van der Waals surface area contributed by atoms with Crippen molar-refractivity contribution in [1.82, 2.24) is 9.88 Å². The van der Waals surface area contributed by atoms with Gasteiger partial charge in [-0.3, -0.25) is 4.98 Å². The molecule has 96 valence electrons. The molecule has 1 rings (SSSR count). The smallest absolute Gasteiger partial charge is 0.0416 e. The third-order valence-electron chi connectivity index (χ3n) is 3.27. The molecular weight excluding hydrogens is 210 g/mol. The lowest BCUT2D eigenvalue weighted by Gasteiger charge is -2.25. The number of rotatable bonds is 7. The van der Waals surface area contributed by atoms with E-state index in [0.29, 0.717) is 11.8 Å². The molecule has 2 N–H and O–H groups in total. The summed E-state index contributed by atoms with van der Waals surface area (Å²) in [5, 5.41) is 0. The lowest BCUT2D eigenvalue weighted by Crippen LogP contribution is -2.34. The molecule has 1 heterocycles. The van der Waals surface area contributed by atoms with Crippen LogP contribution in [0.4, 0.5) is 0 Å². The van der Waals surface area contributed by atoms with Gasteiger partial charge in [0.05, 0.1) is 0 Å². The van der Waals surface area contributed by atoms with Crippen LogP contribution in [0.2, 0.25) is 0 Å². The second-order valence-corrected chi connectivity index (χ2v) is 5.07. The minimum Gasteiger partial charge on any atom is -0.330 e. The van der Waals surface area contributed by atoms with Crippen LogP contribution in [-0.4, -0.2) is 36.6 Å². The molecule has 0 aliphatic rings. The zero-order chi connectivity index (χ0) is 12.7. The van der Waals surface area contributed by atoms with Crippen LogP contribution < -0.4 is 5.73 Å². The fourth-order valence-electron chi connectivity index (χ4n) is 1.90. The highest BCUT2D eigenvalue weighted by atomic mass is 15.1. The molecule has 0 saturated carbocycles. The molecule has 0 radical (unpaired) electrons. The van der Waals surface area contributed by atoms with Gasteiger partial charge in [-0.2, -0.15) is 0 Å². The van der Waals surface area contributed by atoms with E-state index in [4.69, 9.17) is 5.73 Å². The largest absolute Gasteiger partial charge is 0.330 e. The summed E-state index contributed by atoms with van der Waals surface area (Å²) in [6.45, 7) is 7.36. The van der Waals surface area contributed by atoms with Gasteiger partial charge in [0, 0.05) is 31.4 Å². The maximum Gasteiger partial charge on any atom is 0.0416 e. The maximum absolute atomic E-state index is 5.79. The minimum absolute atomic E-state index is 0.587. The van der Waals surface area contributed by atoms with Gasteiger partial charge in [0.25, 0.3) is 0 Å². The second kappa shape index (κ2) is 7.41. The van der Waals surface area contributed by atoms with Crippen molar-refractivity contribution >= 4 is 0 Å². The number of hydrogen-bond acceptors (Lipinski definition) is 3. The van der Waals surface area contributed by atoms with E-state index in [1.165, 1.54) is 0 Å². The topological polar surface area (TPSA) is 42.1 Å². The molecule has 1 atom stereocenters. The van der Waals surface area contributed by atoms with E-state index in [1.54, 1.807) is 0 Å². The highest BCUT2D eigenvalue weighted by Crippen LogP contribution is 2.10. The van der Waals surface area contributed by atoms with E-state index < -0.39 is 0 Å². The number of nitrogens with two attached hydrogens (primary N) is 1. The van der Waals surface area contributed by atoms with Crippen molar-refractivity contribution in [3.63, 3.8) is 0 Å². The van der Waals surface area contributed by atoms with E-state index in [-0.39, 0.29) is 0 Å². The molecule has 3 heteroatoms. The van der Waals surface area contributed by atoms with Gasteiger partial charge in [-0.05, 0) is 37.6 Å². The van der Waals surface area contributed by atoms with Crippen molar-refractivity contribution in [3.8, 4) is 0 Å². The lowest BCUT2D eigenvalue weighted by atomic mass is 9.95. The Morgan fingerprint density at radius 3 is 2.65 bits per heavy atom. The Kier molecular flexibility index (Phi) is 6.16. The maximum atomic E-state index is 5.79. The van der Waals surface area contributed by atoms with Gasteiger partial charge in [-0.25, -0.2) is 0 Å². The molecule has 1 unspecified atom stereocenters. The summed E-state index contributed by atoms with van der Waals surface area (Å²) >= 11 is 0. The van der Waals surface area contributed by atoms with E-state index in [0.717, 1.165) is 31.7 Å². The third kappa shape index (κ3) is 5.29. The lowest BCUT2D eigenvalue weighted by molar-refractivity contribution is 0.242. The van der Waals surface area contributed by atoms with Gasteiger partial charge in [-0.15, -0.1) is 0 Å². The highest BCUT2D eigenvalue weighted by Gasteiger charge is 2.13. The molecule has 0 aromatic carbocycles. The van der Waals surface area contributed by atoms with Crippen molar-refractivity contribution in [2.24, 2.45) is 17.6 Å². The van der Waals surface area contributed by atoms with Crippen molar-refractivity contribution in [3.05, 3.63) is 30.1 Å². The molecule has 1 aromatic rings. The Morgan fingerprint density at radius 1 is 1.35 bits per heavy atom. The van der Waals surface area contributed by atoms with Gasteiger partial charge in [0.1, 0.15) is 0 Å². The predicted molar refractivity (Wildman–Crippen MR) is 72.8 cm³/mol. The number of likely N-dealkylation sites (N-methyl/N-ethyl adjacent to an activating group) is 1. The van der Waals surface area contributed by atoms with Crippen LogP contribution in [0.15, 0.2) is 24.4 Å². The van der Waals surface area contributed by atoms with Crippen LogP contribution in [0.5, 0.6) is 0 Å². The van der Waals surface area contributed by atoms with Crippen molar-refractivity contribution < 1.29 is 0 Å². The summed E-state index contributed by atoms with van der Waals surface area (Å²) in [5.74, 6) is 1.24. The van der Waals surface area contributed by atoms with Crippen LogP contribution in [0.25, 0.3) is 0 Å². The molecular formula is C14H25N3. The Bertz CT molecular complexity index is 298.